The van der Waals surface area contributed by atoms with E-state index in [1.807, 2.05) is 0 Å². The standard InChI is InChI=1S/C13H11F2NO4/c14-7-4-8(15)12(10(18)5-7)13(19)16-9(6-17)11-2-1-3-20-11/h1-5,9,17-18H,6H2,(H,16,19). The summed E-state index contributed by atoms with van der Waals surface area (Å²) in [5, 5.41) is 20.9. The Labute approximate surface area is 112 Å². The van der Waals surface area contributed by atoms with Gasteiger partial charge in [-0.15, -0.1) is 0 Å². The lowest BCUT2D eigenvalue weighted by Crippen LogP contribution is -2.31. The van der Waals surface area contributed by atoms with Crippen molar-refractivity contribution in [3.63, 3.8) is 0 Å². The summed E-state index contributed by atoms with van der Waals surface area (Å²) in [6, 6.07) is 3.28. The van der Waals surface area contributed by atoms with E-state index in [1.54, 1.807) is 6.07 Å². The zero-order valence-corrected chi connectivity index (χ0v) is 10.1. The molecule has 0 saturated heterocycles. The second-order valence-corrected chi connectivity index (χ2v) is 4.01. The molecule has 0 saturated carbocycles. The normalized spacial score (nSPS) is 12.2. The second kappa shape index (κ2) is 5.70. The summed E-state index contributed by atoms with van der Waals surface area (Å²) in [5.41, 5.74) is -0.698. The molecule has 0 radical (unpaired) electrons. The third-order valence-corrected chi connectivity index (χ3v) is 2.64. The first-order valence-electron chi connectivity index (χ1n) is 5.66. The molecule has 1 atom stereocenters. The minimum absolute atomic E-state index is 0.267. The van der Waals surface area contributed by atoms with Crippen LogP contribution in [-0.2, 0) is 0 Å². The van der Waals surface area contributed by atoms with Crippen LogP contribution in [0.5, 0.6) is 5.75 Å². The number of aliphatic hydroxyl groups excluding tert-OH is 1. The molecule has 0 aliphatic carbocycles. The number of furan rings is 1. The quantitative estimate of drug-likeness (QED) is 0.798. The molecule has 5 nitrogen and oxygen atoms in total. The van der Waals surface area contributed by atoms with Crippen LogP contribution in [0.3, 0.4) is 0 Å². The van der Waals surface area contributed by atoms with Gasteiger partial charge in [-0.2, -0.15) is 0 Å². The van der Waals surface area contributed by atoms with Crippen molar-refractivity contribution in [3.8, 4) is 5.75 Å². The Morgan fingerprint density at radius 2 is 2.15 bits per heavy atom. The average Bonchev–Trinajstić information content (AvgIpc) is 2.88. The molecule has 0 spiro atoms. The molecule has 3 N–H and O–H groups in total. The third-order valence-electron chi connectivity index (χ3n) is 2.64. The largest absolute Gasteiger partial charge is 0.507 e. The summed E-state index contributed by atoms with van der Waals surface area (Å²) >= 11 is 0. The monoisotopic (exact) mass is 283 g/mol. The molecular weight excluding hydrogens is 272 g/mol. The number of hydrogen-bond donors (Lipinski definition) is 3. The van der Waals surface area contributed by atoms with Crippen molar-refractivity contribution in [1.29, 1.82) is 0 Å². The third kappa shape index (κ3) is 2.77. The first kappa shape index (κ1) is 14.0. The molecule has 2 aromatic rings. The van der Waals surface area contributed by atoms with E-state index in [9.17, 15) is 23.8 Å². The molecular formula is C13H11F2NO4. The highest BCUT2D eigenvalue weighted by molar-refractivity contribution is 5.97. The Kier molecular flexibility index (Phi) is 3.99. The van der Waals surface area contributed by atoms with E-state index >= 15 is 0 Å². The van der Waals surface area contributed by atoms with E-state index in [0.717, 1.165) is 0 Å². The first-order valence-corrected chi connectivity index (χ1v) is 5.66. The van der Waals surface area contributed by atoms with Crippen LogP contribution in [0.1, 0.15) is 22.2 Å². The van der Waals surface area contributed by atoms with Crippen LogP contribution in [0.2, 0.25) is 0 Å². The number of rotatable bonds is 4. The number of carbonyl (C=O) groups excluding carboxylic acids is 1. The van der Waals surface area contributed by atoms with Crippen molar-refractivity contribution < 1.29 is 28.2 Å². The van der Waals surface area contributed by atoms with Crippen LogP contribution >= 0.6 is 0 Å². The van der Waals surface area contributed by atoms with Crippen LogP contribution < -0.4 is 5.32 Å². The fourth-order valence-corrected chi connectivity index (χ4v) is 1.71. The predicted molar refractivity (Wildman–Crippen MR) is 64.0 cm³/mol. The summed E-state index contributed by atoms with van der Waals surface area (Å²) in [7, 11) is 0. The van der Waals surface area contributed by atoms with E-state index < -0.39 is 41.5 Å². The van der Waals surface area contributed by atoms with Gasteiger partial charge in [0.2, 0.25) is 0 Å². The summed E-state index contributed by atoms with van der Waals surface area (Å²) in [6.07, 6.45) is 1.35. The average molecular weight is 283 g/mol. The molecule has 1 heterocycles. The number of halogens is 2. The number of hydrogen-bond acceptors (Lipinski definition) is 4. The lowest BCUT2D eigenvalue weighted by Gasteiger charge is -2.14. The van der Waals surface area contributed by atoms with Crippen molar-refractivity contribution in [2.45, 2.75) is 6.04 Å². The van der Waals surface area contributed by atoms with Gasteiger partial charge in [0, 0.05) is 12.1 Å². The Bertz CT molecular complexity index is 590. The number of aromatic hydroxyl groups is 1. The SMILES string of the molecule is O=C(NC(CO)c1ccco1)c1c(O)cc(F)cc1F. The summed E-state index contributed by atoms with van der Waals surface area (Å²) < 4.78 is 31.4. The van der Waals surface area contributed by atoms with Crippen LogP contribution in [0.4, 0.5) is 8.78 Å². The highest BCUT2D eigenvalue weighted by atomic mass is 19.1. The summed E-state index contributed by atoms with van der Waals surface area (Å²) in [4.78, 5) is 11.9. The minimum Gasteiger partial charge on any atom is -0.507 e. The molecule has 0 aliphatic heterocycles. The minimum atomic E-state index is -1.20. The summed E-state index contributed by atoms with van der Waals surface area (Å²) in [6.45, 7) is -0.483. The molecule has 2 rings (SSSR count). The predicted octanol–water partition coefficient (Wildman–Crippen LogP) is 1.73. The molecule has 20 heavy (non-hydrogen) atoms. The number of amides is 1. The van der Waals surface area contributed by atoms with E-state index in [0.29, 0.717) is 12.1 Å². The summed E-state index contributed by atoms with van der Waals surface area (Å²) in [5.74, 6) is -3.74. The number of aliphatic hydroxyl groups is 1. The Hall–Kier alpha value is -2.41. The van der Waals surface area contributed by atoms with Gasteiger partial charge in [0.15, 0.2) is 0 Å². The van der Waals surface area contributed by atoms with Crippen molar-refractivity contribution in [2.24, 2.45) is 0 Å². The Balaban J connectivity index is 2.24. The molecule has 1 amide bonds. The van der Waals surface area contributed by atoms with Crippen LogP contribution in [0.15, 0.2) is 34.9 Å². The lowest BCUT2D eigenvalue weighted by molar-refractivity contribution is 0.0900. The highest BCUT2D eigenvalue weighted by Crippen LogP contribution is 2.23. The molecule has 106 valence electrons. The fourth-order valence-electron chi connectivity index (χ4n) is 1.71. The van der Waals surface area contributed by atoms with Gasteiger partial charge in [0.25, 0.3) is 5.91 Å². The number of carbonyl (C=O) groups is 1. The fraction of sp³-hybridized carbons (Fsp3) is 0.154. The van der Waals surface area contributed by atoms with Gasteiger partial charge < -0.3 is 19.9 Å². The van der Waals surface area contributed by atoms with Crippen molar-refractivity contribution in [1.82, 2.24) is 5.32 Å². The Morgan fingerprint density at radius 1 is 1.40 bits per heavy atom. The van der Waals surface area contributed by atoms with Gasteiger partial charge in [-0.05, 0) is 12.1 Å². The van der Waals surface area contributed by atoms with Crippen LogP contribution in [0.25, 0.3) is 0 Å². The molecule has 0 fully saturated rings. The zero-order valence-electron chi connectivity index (χ0n) is 10.1. The lowest BCUT2D eigenvalue weighted by atomic mass is 10.1. The van der Waals surface area contributed by atoms with Crippen molar-refractivity contribution in [3.05, 3.63) is 53.5 Å². The first-order chi connectivity index (χ1) is 9.52. The maximum Gasteiger partial charge on any atom is 0.258 e. The highest BCUT2D eigenvalue weighted by Gasteiger charge is 2.23. The number of nitrogens with one attached hydrogen (secondary N) is 1. The number of phenols is 1. The van der Waals surface area contributed by atoms with Crippen LogP contribution in [0, 0.1) is 11.6 Å². The van der Waals surface area contributed by atoms with Gasteiger partial charge in [0.1, 0.15) is 34.7 Å². The van der Waals surface area contributed by atoms with Gasteiger partial charge in [-0.3, -0.25) is 4.79 Å². The molecule has 0 aliphatic rings. The van der Waals surface area contributed by atoms with E-state index in [4.69, 9.17) is 4.42 Å². The zero-order chi connectivity index (χ0) is 14.7. The van der Waals surface area contributed by atoms with E-state index in [2.05, 4.69) is 5.32 Å². The van der Waals surface area contributed by atoms with E-state index in [-0.39, 0.29) is 5.76 Å². The molecule has 0 bridgehead atoms. The van der Waals surface area contributed by atoms with Crippen molar-refractivity contribution in [2.75, 3.05) is 6.61 Å². The molecule has 7 heteroatoms. The van der Waals surface area contributed by atoms with Gasteiger partial charge >= 0.3 is 0 Å². The molecule has 1 unspecified atom stereocenters. The number of benzene rings is 1. The maximum atomic E-state index is 13.5. The maximum absolute atomic E-state index is 13.5. The smallest absolute Gasteiger partial charge is 0.258 e. The van der Waals surface area contributed by atoms with Gasteiger partial charge in [-0.25, -0.2) is 8.78 Å². The van der Waals surface area contributed by atoms with Crippen LogP contribution in [-0.4, -0.2) is 22.7 Å². The Morgan fingerprint density at radius 3 is 2.70 bits per heavy atom. The topological polar surface area (TPSA) is 82.7 Å². The van der Waals surface area contributed by atoms with Gasteiger partial charge in [0.05, 0.1) is 12.9 Å². The second-order valence-electron chi connectivity index (χ2n) is 4.01. The molecule has 1 aromatic carbocycles. The van der Waals surface area contributed by atoms with Crippen molar-refractivity contribution >= 4 is 5.91 Å². The number of phenolic OH excluding ortho intramolecular Hbond substituents is 1. The molecule has 1 aromatic heterocycles. The van der Waals surface area contributed by atoms with E-state index in [1.165, 1.54) is 12.3 Å². The van der Waals surface area contributed by atoms with Gasteiger partial charge in [-0.1, -0.05) is 0 Å².